The first-order valence-electron chi connectivity index (χ1n) is 5.41. The maximum absolute atomic E-state index is 4.76. The summed E-state index contributed by atoms with van der Waals surface area (Å²) in [7, 11) is 0. The summed E-state index contributed by atoms with van der Waals surface area (Å²) in [5.74, 6) is 0. The normalized spacial score (nSPS) is 20.2. The van der Waals surface area contributed by atoms with Crippen molar-refractivity contribution >= 4 is 27.8 Å². The third-order valence-corrected chi connectivity index (χ3v) is 4.21. The molecule has 2 heteroatoms. The molecule has 1 aliphatic rings. The number of para-hydroxylation sites is 1. The number of nitrogens with zero attached hydrogens (tertiary/aromatic N) is 1. The van der Waals surface area contributed by atoms with Crippen molar-refractivity contribution in [1.82, 2.24) is 4.98 Å². The van der Waals surface area contributed by atoms with Gasteiger partial charge in [-0.15, -0.1) is 0 Å². The minimum absolute atomic E-state index is 0.623. The second-order valence-electron chi connectivity index (χ2n) is 4.13. The molecule has 0 amide bonds. The van der Waals surface area contributed by atoms with Crippen LogP contribution < -0.4 is 0 Å². The van der Waals surface area contributed by atoms with Crippen LogP contribution in [0.15, 0.2) is 30.3 Å². The van der Waals surface area contributed by atoms with Gasteiger partial charge >= 0.3 is 98.3 Å². The van der Waals surface area contributed by atoms with Crippen molar-refractivity contribution in [1.29, 1.82) is 0 Å². The zero-order valence-electron chi connectivity index (χ0n) is 8.48. The Morgan fingerprint density at radius 1 is 1.27 bits per heavy atom. The van der Waals surface area contributed by atoms with Crippen LogP contribution in [-0.2, 0) is 6.42 Å². The van der Waals surface area contributed by atoms with E-state index in [-0.39, 0.29) is 0 Å². The van der Waals surface area contributed by atoms with Gasteiger partial charge in [0.1, 0.15) is 0 Å². The first-order valence-corrected chi connectivity index (χ1v) is 6.49. The van der Waals surface area contributed by atoms with Crippen LogP contribution in [-0.4, -0.2) is 21.8 Å². The van der Waals surface area contributed by atoms with E-state index < -0.39 is 0 Å². The van der Waals surface area contributed by atoms with Crippen LogP contribution in [0.5, 0.6) is 0 Å². The zero-order valence-corrected chi connectivity index (χ0v) is 10.4. The molecular weight excluding hydrogens is 245 g/mol. The Kier molecular flexibility index (Phi) is 2.29. The summed E-state index contributed by atoms with van der Waals surface area (Å²) in [4.78, 5) is 4.76. The first kappa shape index (κ1) is 9.42. The fraction of sp³-hybridized carbons (Fsp3) is 0.308. The SMILES string of the molecule is [As]C1CCCc2nc3ccccc3cc21. The second kappa shape index (κ2) is 3.64. The summed E-state index contributed by atoms with van der Waals surface area (Å²) in [5.41, 5.74) is 3.89. The number of aromatic nitrogens is 1. The van der Waals surface area contributed by atoms with E-state index in [1.165, 1.54) is 29.5 Å². The standard InChI is InChI=1S/C13H12AsN/c14-11-5-3-7-13-10(11)8-9-4-1-2-6-12(9)15-13/h1-2,4,6,8,11H,3,5,7H2. The van der Waals surface area contributed by atoms with E-state index in [9.17, 15) is 0 Å². The van der Waals surface area contributed by atoms with E-state index >= 15 is 0 Å². The molecule has 1 aromatic carbocycles. The molecule has 2 radical (unpaired) electrons. The second-order valence-corrected chi connectivity index (χ2v) is 5.43. The fourth-order valence-corrected chi connectivity index (χ4v) is 3.13. The predicted molar refractivity (Wildman–Crippen MR) is 63.2 cm³/mol. The zero-order chi connectivity index (χ0) is 10.3. The average molecular weight is 257 g/mol. The molecule has 0 N–H and O–H groups in total. The molecule has 1 atom stereocenters. The van der Waals surface area contributed by atoms with Gasteiger partial charge in [-0.1, -0.05) is 0 Å². The van der Waals surface area contributed by atoms with E-state index in [0.717, 1.165) is 11.9 Å². The Hall–Kier alpha value is -0.812. The topological polar surface area (TPSA) is 12.9 Å². The van der Waals surface area contributed by atoms with Gasteiger partial charge in [-0.25, -0.2) is 0 Å². The molecule has 1 aromatic heterocycles. The van der Waals surface area contributed by atoms with Crippen molar-refractivity contribution < 1.29 is 0 Å². The van der Waals surface area contributed by atoms with Crippen molar-refractivity contribution in [2.75, 3.05) is 0 Å². The summed E-state index contributed by atoms with van der Waals surface area (Å²) < 4.78 is 0.623. The predicted octanol–water partition coefficient (Wildman–Crippen LogP) is 2.78. The van der Waals surface area contributed by atoms with Gasteiger partial charge in [-0.2, -0.15) is 0 Å². The van der Waals surface area contributed by atoms with Gasteiger partial charge in [0.05, 0.1) is 0 Å². The summed E-state index contributed by atoms with van der Waals surface area (Å²) >= 11 is 2.79. The van der Waals surface area contributed by atoms with E-state index in [1.807, 2.05) is 0 Å². The monoisotopic (exact) mass is 257 g/mol. The van der Waals surface area contributed by atoms with E-state index in [4.69, 9.17) is 4.98 Å². The van der Waals surface area contributed by atoms with Crippen LogP contribution in [0.1, 0.15) is 28.8 Å². The number of aryl methyl sites for hydroxylation is 1. The average Bonchev–Trinajstić information content (AvgIpc) is 2.27. The molecule has 0 aliphatic heterocycles. The molecule has 74 valence electrons. The van der Waals surface area contributed by atoms with Gasteiger partial charge in [-0.05, 0) is 0 Å². The summed E-state index contributed by atoms with van der Waals surface area (Å²) in [5, 5.41) is 1.27. The molecular formula is C13H12AsN. The third kappa shape index (κ3) is 1.59. The molecule has 0 saturated carbocycles. The van der Waals surface area contributed by atoms with Crippen LogP contribution in [0.4, 0.5) is 0 Å². The van der Waals surface area contributed by atoms with E-state index in [2.05, 4.69) is 47.2 Å². The van der Waals surface area contributed by atoms with Crippen molar-refractivity contribution in [2.24, 2.45) is 0 Å². The first-order chi connectivity index (χ1) is 7.34. The summed E-state index contributed by atoms with van der Waals surface area (Å²) in [6.07, 6.45) is 3.71. The Labute approximate surface area is 98.4 Å². The van der Waals surface area contributed by atoms with Gasteiger partial charge in [0.15, 0.2) is 0 Å². The number of pyridine rings is 1. The molecule has 0 saturated heterocycles. The van der Waals surface area contributed by atoms with Gasteiger partial charge in [0.2, 0.25) is 0 Å². The number of rotatable bonds is 0. The Balaban J connectivity index is 2.27. The number of hydrogen-bond acceptors (Lipinski definition) is 1. The molecule has 1 heterocycles. The van der Waals surface area contributed by atoms with Crippen LogP contribution >= 0.6 is 0 Å². The van der Waals surface area contributed by atoms with Crippen molar-refractivity contribution in [2.45, 2.75) is 24.0 Å². The Morgan fingerprint density at radius 2 is 2.13 bits per heavy atom. The van der Waals surface area contributed by atoms with Crippen molar-refractivity contribution in [3.63, 3.8) is 0 Å². The van der Waals surface area contributed by atoms with E-state index in [1.54, 1.807) is 0 Å². The van der Waals surface area contributed by atoms with Crippen LogP contribution in [0.3, 0.4) is 0 Å². The Morgan fingerprint density at radius 3 is 3.07 bits per heavy atom. The maximum atomic E-state index is 4.76. The minimum atomic E-state index is 0.623. The van der Waals surface area contributed by atoms with Crippen LogP contribution in [0.2, 0.25) is 0 Å². The molecule has 1 aliphatic carbocycles. The molecule has 1 unspecified atom stereocenters. The van der Waals surface area contributed by atoms with Crippen LogP contribution in [0, 0.1) is 0 Å². The molecule has 1 nitrogen and oxygen atoms in total. The molecule has 2 aromatic rings. The van der Waals surface area contributed by atoms with E-state index in [0.29, 0.717) is 4.71 Å². The number of fused-ring (bicyclic) bond motifs is 2. The number of hydrogen-bond donors (Lipinski definition) is 0. The quantitative estimate of drug-likeness (QED) is 0.661. The number of benzene rings is 1. The van der Waals surface area contributed by atoms with Gasteiger partial charge in [0.25, 0.3) is 0 Å². The molecule has 0 spiro atoms. The van der Waals surface area contributed by atoms with Crippen molar-refractivity contribution in [3.8, 4) is 0 Å². The molecule has 3 rings (SSSR count). The van der Waals surface area contributed by atoms with Crippen molar-refractivity contribution in [3.05, 3.63) is 41.6 Å². The summed E-state index contributed by atoms with van der Waals surface area (Å²) in [6.45, 7) is 0. The van der Waals surface area contributed by atoms with Gasteiger partial charge in [-0.3, -0.25) is 0 Å². The summed E-state index contributed by atoms with van der Waals surface area (Å²) in [6, 6.07) is 10.7. The van der Waals surface area contributed by atoms with Gasteiger partial charge in [0, 0.05) is 0 Å². The Bertz CT molecular complexity index is 507. The fourth-order valence-electron chi connectivity index (χ4n) is 2.28. The third-order valence-electron chi connectivity index (χ3n) is 3.09. The molecule has 15 heavy (non-hydrogen) atoms. The molecule has 0 fully saturated rings. The van der Waals surface area contributed by atoms with Gasteiger partial charge < -0.3 is 0 Å². The molecule has 0 bridgehead atoms. The van der Waals surface area contributed by atoms with Crippen LogP contribution in [0.25, 0.3) is 10.9 Å².